The number of rotatable bonds is 6. The van der Waals surface area contributed by atoms with E-state index in [0.717, 1.165) is 18.4 Å². The minimum atomic E-state index is -3.75. The van der Waals surface area contributed by atoms with E-state index >= 15 is 0 Å². The van der Waals surface area contributed by atoms with Crippen LogP contribution in [-0.2, 0) is 16.6 Å². The Labute approximate surface area is 166 Å². The van der Waals surface area contributed by atoms with E-state index in [2.05, 4.69) is 4.72 Å². The van der Waals surface area contributed by atoms with Crippen LogP contribution in [0.2, 0.25) is 0 Å². The molecular formula is C21H26N2O4S. The van der Waals surface area contributed by atoms with E-state index in [1.165, 1.54) is 6.07 Å². The van der Waals surface area contributed by atoms with Crippen molar-refractivity contribution in [1.29, 1.82) is 0 Å². The average molecular weight is 403 g/mol. The van der Waals surface area contributed by atoms with E-state index in [4.69, 9.17) is 0 Å². The molecular weight excluding hydrogens is 376 g/mol. The fourth-order valence-corrected chi connectivity index (χ4v) is 4.74. The molecule has 1 saturated heterocycles. The zero-order valence-corrected chi connectivity index (χ0v) is 16.8. The van der Waals surface area contributed by atoms with Crippen LogP contribution in [0.4, 0.5) is 0 Å². The highest BCUT2D eigenvalue weighted by Gasteiger charge is 2.26. The third kappa shape index (κ3) is 4.79. The summed E-state index contributed by atoms with van der Waals surface area (Å²) in [5.74, 6) is -0.114. The zero-order chi connectivity index (χ0) is 20.1. The summed E-state index contributed by atoms with van der Waals surface area (Å²) in [7, 11) is -3.75. The average Bonchev–Trinajstić information content (AvgIpc) is 2.73. The van der Waals surface area contributed by atoms with Gasteiger partial charge in [0, 0.05) is 31.8 Å². The van der Waals surface area contributed by atoms with Crippen molar-refractivity contribution in [2.75, 3.05) is 19.7 Å². The summed E-state index contributed by atoms with van der Waals surface area (Å²) in [6.45, 7) is 3.08. The second-order valence-corrected chi connectivity index (χ2v) is 8.97. The van der Waals surface area contributed by atoms with Crippen molar-refractivity contribution in [3.63, 3.8) is 0 Å². The second kappa shape index (κ2) is 8.86. The van der Waals surface area contributed by atoms with Crippen LogP contribution in [0.5, 0.6) is 0 Å². The highest BCUT2D eigenvalue weighted by atomic mass is 32.2. The molecule has 2 N–H and O–H groups in total. The van der Waals surface area contributed by atoms with E-state index in [0.29, 0.717) is 24.2 Å². The van der Waals surface area contributed by atoms with Crippen molar-refractivity contribution in [3.8, 4) is 0 Å². The van der Waals surface area contributed by atoms with Gasteiger partial charge in [-0.15, -0.1) is 0 Å². The summed E-state index contributed by atoms with van der Waals surface area (Å²) < 4.78 is 28.2. The number of carbonyl (C=O) groups is 1. The van der Waals surface area contributed by atoms with Crippen molar-refractivity contribution in [2.24, 2.45) is 5.92 Å². The summed E-state index contributed by atoms with van der Waals surface area (Å²) >= 11 is 0. The first kappa shape index (κ1) is 20.5. The van der Waals surface area contributed by atoms with Crippen LogP contribution < -0.4 is 4.72 Å². The normalized spacial score (nSPS) is 17.5. The van der Waals surface area contributed by atoms with Gasteiger partial charge in [-0.3, -0.25) is 4.79 Å². The maximum absolute atomic E-state index is 12.9. The summed E-state index contributed by atoms with van der Waals surface area (Å²) in [5.41, 5.74) is 1.80. The molecule has 1 heterocycles. The summed E-state index contributed by atoms with van der Waals surface area (Å²) in [4.78, 5) is 14.7. The number of aryl methyl sites for hydroxylation is 1. The van der Waals surface area contributed by atoms with Gasteiger partial charge in [-0.25, -0.2) is 13.1 Å². The number of amides is 1. The monoisotopic (exact) mass is 402 g/mol. The van der Waals surface area contributed by atoms with Crippen molar-refractivity contribution < 1.29 is 18.3 Å². The first-order chi connectivity index (χ1) is 13.4. The summed E-state index contributed by atoms with van der Waals surface area (Å²) in [6.07, 6.45) is 1.74. The maximum atomic E-state index is 12.9. The molecule has 0 bridgehead atoms. The van der Waals surface area contributed by atoms with E-state index in [1.807, 2.05) is 30.3 Å². The number of piperidine rings is 1. The lowest BCUT2D eigenvalue weighted by Crippen LogP contribution is -2.41. The number of likely N-dealkylation sites (tertiary alicyclic amines) is 1. The number of nitrogens with one attached hydrogen (secondary N) is 1. The van der Waals surface area contributed by atoms with Gasteiger partial charge in [0.1, 0.15) is 0 Å². The summed E-state index contributed by atoms with van der Waals surface area (Å²) in [5, 5.41) is 9.38. The Hall–Kier alpha value is -2.22. The number of hydrogen-bond acceptors (Lipinski definition) is 4. The molecule has 0 saturated carbocycles. The smallest absolute Gasteiger partial charge is 0.253 e. The van der Waals surface area contributed by atoms with Crippen LogP contribution in [-0.4, -0.2) is 44.0 Å². The van der Waals surface area contributed by atoms with Gasteiger partial charge in [-0.2, -0.15) is 0 Å². The molecule has 1 unspecified atom stereocenters. The van der Waals surface area contributed by atoms with Gasteiger partial charge in [-0.1, -0.05) is 36.4 Å². The lowest BCUT2D eigenvalue weighted by molar-refractivity contribution is 0.0620. The third-order valence-corrected chi connectivity index (χ3v) is 6.64. The number of nitrogens with zero attached hydrogens (tertiary/aromatic N) is 1. The van der Waals surface area contributed by atoms with Crippen LogP contribution in [0.1, 0.15) is 34.3 Å². The standard InChI is InChI=1S/C21H26N2O4S/c1-16-9-10-19(21(25)23-11-5-8-18(14-23)15-24)12-20(16)28(26,27)22-13-17-6-3-2-4-7-17/h2-4,6-7,9-10,12,18,22,24H,5,8,11,13-15H2,1H3. The minimum absolute atomic E-state index is 0.0563. The molecule has 1 aliphatic heterocycles. The van der Waals surface area contributed by atoms with Gasteiger partial charge in [0.2, 0.25) is 10.0 Å². The van der Waals surface area contributed by atoms with Crippen LogP contribution in [0.15, 0.2) is 53.4 Å². The molecule has 3 rings (SSSR count). The van der Waals surface area contributed by atoms with Gasteiger partial charge in [0.05, 0.1) is 4.90 Å². The number of benzene rings is 2. The van der Waals surface area contributed by atoms with E-state index in [-0.39, 0.29) is 29.9 Å². The molecule has 0 radical (unpaired) electrons. The van der Waals surface area contributed by atoms with E-state index in [1.54, 1.807) is 24.0 Å². The van der Waals surface area contributed by atoms with Gasteiger partial charge in [0.15, 0.2) is 0 Å². The Morgan fingerprint density at radius 2 is 1.96 bits per heavy atom. The first-order valence-corrected chi connectivity index (χ1v) is 10.9. The van der Waals surface area contributed by atoms with E-state index < -0.39 is 10.0 Å². The van der Waals surface area contributed by atoms with Crippen LogP contribution in [0, 0.1) is 12.8 Å². The highest BCUT2D eigenvalue weighted by Crippen LogP contribution is 2.22. The number of carbonyl (C=O) groups excluding carboxylic acids is 1. The molecule has 6 nitrogen and oxygen atoms in total. The Bertz CT molecular complexity index is 929. The molecule has 0 aromatic heterocycles. The summed E-state index contributed by atoms with van der Waals surface area (Å²) in [6, 6.07) is 14.1. The number of hydrogen-bond donors (Lipinski definition) is 2. The molecule has 1 amide bonds. The van der Waals surface area contributed by atoms with Gasteiger partial charge >= 0.3 is 0 Å². The first-order valence-electron chi connectivity index (χ1n) is 9.45. The van der Waals surface area contributed by atoms with Crippen LogP contribution in [0.3, 0.4) is 0 Å². The number of sulfonamides is 1. The Kier molecular flexibility index (Phi) is 6.49. The van der Waals surface area contributed by atoms with Crippen molar-refractivity contribution in [2.45, 2.75) is 31.2 Å². The van der Waals surface area contributed by atoms with Crippen LogP contribution >= 0.6 is 0 Å². The molecule has 1 aliphatic rings. The van der Waals surface area contributed by atoms with Crippen molar-refractivity contribution in [1.82, 2.24) is 9.62 Å². The molecule has 0 aliphatic carbocycles. The molecule has 28 heavy (non-hydrogen) atoms. The highest BCUT2D eigenvalue weighted by molar-refractivity contribution is 7.89. The molecule has 1 fully saturated rings. The largest absolute Gasteiger partial charge is 0.396 e. The molecule has 1 atom stereocenters. The Balaban J connectivity index is 1.79. The fraction of sp³-hybridized carbons (Fsp3) is 0.381. The van der Waals surface area contributed by atoms with Crippen LogP contribution in [0.25, 0.3) is 0 Å². The maximum Gasteiger partial charge on any atom is 0.253 e. The second-order valence-electron chi connectivity index (χ2n) is 7.23. The Morgan fingerprint density at radius 3 is 2.68 bits per heavy atom. The molecule has 7 heteroatoms. The predicted molar refractivity (Wildman–Crippen MR) is 107 cm³/mol. The Morgan fingerprint density at radius 1 is 1.21 bits per heavy atom. The number of aliphatic hydroxyl groups is 1. The van der Waals surface area contributed by atoms with Gasteiger partial charge < -0.3 is 10.0 Å². The topological polar surface area (TPSA) is 86.7 Å². The lowest BCUT2D eigenvalue weighted by atomic mass is 9.98. The predicted octanol–water partition coefficient (Wildman–Crippen LogP) is 2.32. The van der Waals surface area contributed by atoms with Gasteiger partial charge in [-0.05, 0) is 48.9 Å². The zero-order valence-electron chi connectivity index (χ0n) is 16.0. The fourth-order valence-electron chi connectivity index (χ4n) is 3.46. The molecule has 150 valence electrons. The SMILES string of the molecule is Cc1ccc(C(=O)N2CCCC(CO)C2)cc1S(=O)(=O)NCc1ccccc1. The number of aliphatic hydroxyl groups excluding tert-OH is 1. The molecule has 2 aromatic carbocycles. The quantitative estimate of drug-likeness (QED) is 0.776. The lowest BCUT2D eigenvalue weighted by Gasteiger charge is -2.32. The van der Waals surface area contributed by atoms with Gasteiger partial charge in [0.25, 0.3) is 5.91 Å². The minimum Gasteiger partial charge on any atom is -0.396 e. The molecule has 2 aromatic rings. The van der Waals surface area contributed by atoms with E-state index in [9.17, 15) is 18.3 Å². The molecule has 0 spiro atoms. The third-order valence-electron chi connectivity index (χ3n) is 5.10. The van der Waals surface area contributed by atoms with Crippen molar-refractivity contribution >= 4 is 15.9 Å². The van der Waals surface area contributed by atoms with Crippen molar-refractivity contribution in [3.05, 3.63) is 65.2 Å².